The summed E-state index contributed by atoms with van der Waals surface area (Å²) in [5, 5.41) is 10.6. The van der Waals surface area contributed by atoms with Crippen molar-refractivity contribution in [1.82, 2.24) is 25.0 Å². The number of aryl methyl sites for hydroxylation is 1. The number of furan rings is 1. The highest BCUT2D eigenvalue weighted by Gasteiger charge is 2.34. The van der Waals surface area contributed by atoms with Crippen LogP contribution in [0.15, 0.2) is 29.1 Å². The Morgan fingerprint density at radius 1 is 1.52 bits per heavy atom. The Hall–Kier alpha value is -2.64. The van der Waals surface area contributed by atoms with Crippen LogP contribution in [-0.4, -0.2) is 38.0 Å². The molecule has 2 aromatic heterocycles. The number of carbonyl (C=O) groups excluding carboxylic acids is 2. The van der Waals surface area contributed by atoms with Crippen LogP contribution in [-0.2, 0) is 29.2 Å². The van der Waals surface area contributed by atoms with E-state index in [1.165, 1.54) is 0 Å². The average molecular weight is 317 g/mol. The molecule has 0 bridgehead atoms. The Morgan fingerprint density at radius 2 is 2.39 bits per heavy atom. The summed E-state index contributed by atoms with van der Waals surface area (Å²) in [7, 11) is 0. The van der Waals surface area contributed by atoms with Gasteiger partial charge in [0.15, 0.2) is 5.82 Å². The lowest BCUT2D eigenvalue weighted by molar-refractivity contribution is -0.129. The monoisotopic (exact) mass is 317 g/mol. The van der Waals surface area contributed by atoms with Crippen molar-refractivity contribution in [3.05, 3.63) is 36.3 Å². The maximum Gasteiger partial charge on any atom is 0.225 e. The third-order valence-corrected chi connectivity index (χ3v) is 3.97. The number of aromatic nitrogens is 3. The van der Waals surface area contributed by atoms with Crippen LogP contribution in [0.5, 0.6) is 0 Å². The second-order valence-electron chi connectivity index (χ2n) is 5.51. The van der Waals surface area contributed by atoms with Crippen molar-refractivity contribution < 1.29 is 14.0 Å². The van der Waals surface area contributed by atoms with Crippen LogP contribution in [0.2, 0.25) is 0 Å². The maximum absolute atomic E-state index is 12.3. The molecule has 8 nitrogen and oxygen atoms in total. The van der Waals surface area contributed by atoms with Gasteiger partial charge in [0, 0.05) is 19.5 Å². The Bertz CT molecular complexity index is 679. The van der Waals surface area contributed by atoms with E-state index in [9.17, 15) is 9.59 Å². The van der Waals surface area contributed by atoms with E-state index in [4.69, 9.17) is 4.42 Å². The number of hydrogen-bond donors (Lipinski definition) is 1. The summed E-state index contributed by atoms with van der Waals surface area (Å²) in [6.45, 7) is 3.86. The van der Waals surface area contributed by atoms with Crippen molar-refractivity contribution in [1.29, 1.82) is 0 Å². The van der Waals surface area contributed by atoms with Gasteiger partial charge < -0.3 is 19.2 Å². The molecule has 122 valence electrons. The average Bonchev–Trinajstić information content (AvgIpc) is 3.27. The normalized spacial score (nSPS) is 17.7. The maximum atomic E-state index is 12.3. The molecule has 1 aliphatic rings. The molecular formula is C15H19N5O3. The number of hydrogen-bond acceptors (Lipinski definition) is 5. The topological polar surface area (TPSA) is 93.3 Å². The lowest BCUT2D eigenvalue weighted by Gasteiger charge is -2.15. The standard InChI is InChI=1S/C15H19N5O3/c1-2-19-10-17-18-13(19)7-16-15(22)11-6-14(21)20(8-11)9-12-4-3-5-23-12/h3-5,10-11H,2,6-9H2,1H3,(H,16,22). The van der Waals surface area contributed by atoms with Gasteiger partial charge in [-0.1, -0.05) is 0 Å². The summed E-state index contributed by atoms with van der Waals surface area (Å²) in [6.07, 6.45) is 3.43. The predicted octanol–water partition coefficient (Wildman–Crippen LogP) is 0.556. The fourth-order valence-corrected chi connectivity index (χ4v) is 2.68. The number of nitrogens with one attached hydrogen (secondary N) is 1. The molecule has 1 fully saturated rings. The van der Waals surface area contributed by atoms with E-state index in [-0.39, 0.29) is 24.2 Å². The zero-order chi connectivity index (χ0) is 16.2. The van der Waals surface area contributed by atoms with Crippen LogP contribution >= 0.6 is 0 Å². The fraction of sp³-hybridized carbons (Fsp3) is 0.467. The van der Waals surface area contributed by atoms with Crippen molar-refractivity contribution >= 4 is 11.8 Å². The van der Waals surface area contributed by atoms with Crippen LogP contribution in [0.3, 0.4) is 0 Å². The molecule has 0 saturated carbocycles. The summed E-state index contributed by atoms with van der Waals surface area (Å²) in [5.41, 5.74) is 0. The Morgan fingerprint density at radius 3 is 3.13 bits per heavy atom. The summed E-state index contributed by atoms with van der Waals surface area (Å²) in [6, 6.07) is 3.60. The van der Waals surface area contributed by atoms with Gasteiger partial charge in [-0.3, -0.25) is 9.59 Å². The Kier molecular flexibility index (Phi) is 4.40. The highest BCUT2D eigenvalue weighted by molar-refractivity contribution is 5.89. The molecule has 0 spiro atoms. The molecule has 23 heavy (non-hydrogen) atoms. The predicted molar refractivity (Wildman–Crippen MR) is 79.8 cm³/mol. The van der Waals surface area contributed by atoms with Gasteiger partial charge in [-0.05, 0) is 19.1 Å². The van der Waals surface area contributed by atoms with Crippen molar-refractivity contribution in [2.45, 2.75) is 33.0 Å². The molecule has 2 amide bonds. The molecule has 2 aromatic rings. The first-order valence-electron chi connectivity index (χ1n) is 7.62. The highest BCUT2D eigenvalue weighted by Crippen LogP contribution is 2.20. The lowest BCUT2D eigenvalue weighted by Crippen LogP contribution is -2.33. The van der Waals surface area contributed by atoms with Gasteiger partial charge in [0.1, 0.15) is 12.1 Å². The third kappa shape index (κ3) is 3.41. The van der Waals surface area contributed by atoms with Gasteiger partial charge in [-0.2, -0.15) is 0 Å². The van der Waals surface area contributed by atoms with Gasteiger partial charge in [0.05, 0.1) is 25.3 Å². The molecule has 0 aromatic carbocycles. The Labute approximate surface area is 133 Å². The smallest absolute Gasteiger partial charge is 0.225 e. The quantitative estimate of drug-likeness (QED) is 0.840. The van der Waals surface area contributed by atoms with E-state index >= 15 is 0 Å². The molecule has 0 aliphatic carbocycles. The van der Waals surface area contributed by atoms with E-state index in [1.807, 2.05) is 17.6 Å². The molecule has 1 atom stereocenters. The number of likely N-dealkylation sites (tertiary alicyclic amines) is 1. The molecule has 1 N–H and O–H groups in total. The van der Waals surface area contributed by atoms with Crippen LogP contribution < -0.4 is 5.32 Å². The largest absolute Gasteiger partial charge is 0.467 e. The van der Waals surface area contributed by atoms with Crippen molar-refractivity contribution in [3.63, 3.8) is 0 Å². The van der Waals surface area contributed by atoms with Crippen LogP contribution in [0.1, 0.15) is 24.9 Å². The summed E-state index contributed by atoms with van der Waals surface area (Å²) in [4.78, 5) is 25.9. The van der Waals surface area contributed by atoms with Crippen LogP contribution in [0.25, 0.3) is 0 Å². The Balaban J connectivity index is 1.53. The molecular weight excluding hydrogens is 298 g/mol. The minimum Gasteiger partial charge on any atom is -0.467 e. The number of carbonyl (C=O) groups is 2. The highest BCUT2D eigenvalue weighted by atomic mass is 16.3. The molecule has 0 radical (unpaired) electrons. The number of rotatable bonds is 6. The molecule has 1 unspecified atom stereocenters. The molecule has 3 heterocycles. The van der Waals surface area contributed by atoms with Crippen LogP contribution in [0.4, 0.5) is 0 Å². The minimum atomic E-state index is -0.338. The lowest BCUT2D eigenvalue weighted by atomic mass is 10.1. The first-order chi connectivity index (χ1) is 11.2. The van der Waals surface area contributed by atoms with E-state index in [2.05, 4.69) is 15.5 Å². The number of nitrogens with zero attached hydrogens (tertiary/aromatic N) is 4. The van der Waals surface area contributed by atoms with Crippen LogP contribution in [0, 0.1) is 5.92 Å². The van der Waals surface area contributed by atoms with Crippen molar-refractivity contribution in [2.75, 3.05) is 6.54 Å². The summed E-state index contributed by atoms with van der Waals surface area (Å²) in [5.74, 6) is 0.924. The van der Waals surface area contributed by atoms with E-state index in [0.717, 1.165) is 12.3 Å². The van der Waals surface area contributed by atoms with Gasteiger partial charge in [-0.25, -0.2) is 0 Å². The molecule has 1 aliphatic heterocycles. The summed E-state index contributed by atoms with van der Waals surface area (Å²) < 4.78 is 7.11. The van der Waals surface area contributed by atoms with E-state index in [0.29, 0.717) is 25.5 Å². The molecule has 3 rings (SSSR count). The van der Waals surface area contributed by atoms with Gasteiger partial charge in [-0.15, -0.1) is 10.2 Å². The fourth-order valence-electron chi connectivity index (χ4n) is 2.68. The zero-order valence-corrected chi connectivity index (χ0v) is 12.9. The first-order valence-corrected chi connectivity index (χ1v) is 7.62. The summed E-state index contributed by atoms with van der Waals surface area (Å²) >= 11 is 0. The van der Waals surface area contributed by atoms with Gasteiger partial charge in [0.25, 0.3) is 0 Å². The molecule has 1 saturated heterocycles. The van der Waals surface area contributed by atoms with E-state index < -0.39 is 0 Å². The van der Waals surface area contributed by atoms with E-state index in [1.54, 1.807) is 23.6 Å². The van der Waals surface area contributed by atoms with Crippen molar-refractivity contribution in [2.24, 2.45) is 5.92 Å². The number of amides is 2. The molecule has 8 heteroatoms. The van der Waals surface area contributed by atoms with Gasteiger partial charge in [0.2, 0.25) is 11.8 Å². The first kappa shape index (κ1) is 15.3. The van der Waals surface area contributed by atoms with Gasteiger partial charge >= 0.3 is 0 Å². The second kappa shape index (κ2) is 6.64. The minimum absolute atomic E-state index is 0.0294. The zero-order valence-electron chi connectivity index (χ0n) is 12.9. The second-order valence-corrected chi connectivity index (χ2v) is 5.51. The third-order valence-electron chi connectivity index (χ3n) is 3.97. The SMILES string of the molecule is CCn1cnnc1CNC(=O)C1CC(=O)N(Cc2ccco2)C1. The van der Waals surface area contributed by atoms with Crippen molar-refractivity contribution in [3.8, 4) is 0 Å².